The molecule has 5 nitrogen and oxygen atoms in total. The van der Waals surface area contributed by atoms with Crippen molar-refractivity contribution in [3.63, 3.8) is 0 Å². The van der Waals surface area contributed by atoms with Crippen LogP contribution in [0.3, 0.4) is 0 Å². The van der Waals surface area contributed by atoms with Crippen LogP contribution in [0.2, 0.25) is 0 Å². The maximum absolute atomic E-state index is 11.2. The first-order chi connectivity index (χ1) is 6.24. The largest absolute Gasteiger partial charge is 0.380 e. The third-order valence-electron chi connectivity index (χ3n) is 1.71. The fourth-order valence-corrected chi connectivity index (χ4v) is 0.872. The summed E-state index contributed by atoms with van der Waals surface area (Å²) in [5, 5.41) is 2.73. The van der Waals surface area contributed by atoms with Crippen LogP contribution in [0.15, 0.2) is 0 Å². The fraction of sp³-hybridized carbons (Fsp3) is 0.875. The number of nitrogens with two attached hydrogens (primary N) is 2. The second kappa shape index (κ2) is 7.97. The molecule has 13 heavy (non-hydrogen) atoms. The number of carbonyl (C=O) groups is 1. The lowest BCUT2D eigenvalue weighted by atomic mass is 10.2. The van der Waals surface area contributed by atoms with Crippen molar-refractivity contribution in [2.45, 2.75) is 18.9 Å². The first-order valence-electron chi connectivity index (χ1n) is 4.44. The Bertz CT molecular complexity index is 137. The number of nitrogens with one attached hydrogen (secondary N) is 1. The lowest BCUT2D eigenvalue weighted by molar-refractivity contribution is -0.123. The molecule has 0 fully saturated rings. The molecule has 78 valence electrons. The van der Waals surface area contributed by atoms with E-state index in [4.69, 9.17) is 16.2 Å². The molecular weight excluding hydrogens is 170 g/mol. The van der Waals surface area contributed by atoms with Gasteiger partial charge in [0, 0.05) is 20.2 Å². The highest BCUT2D eigenvalue weighted by Crippen LogP contribution is 1.93. The Morgan fingerprint density at radius 2 is 2.23 bits per heavy atom. The van der Waals surface area contributed by atoms with E-state index in [0.29, 0.717) is 26.1 Å². The first-order valence-corrected chi connectivity index (χ1v) is 4.44. The molecule has 0 aliphatic heterocycles. The van der Waals surface area contributed by atoms with Crippen molar-refractivity contribution in [3.05, 3.63) is 0 Å². The molecule has 0 aromatic carbocycles. The van der Waals surface area contributed by atoms with Crippen molar-refractivity contribution in [3.8, 4) is 0 Å². The minimum absolute atomic E-state index is 0.0363. The molecule has 0 aromatic rings. The molecule has 0 saturated heterocycles. The van der Waals surface area contributed by atoms with Crippen LogP contribution in [-0.4, -0.2) is 38.8 Å². The minimum Gasteiger partial charge on any atom is -0.380 e. The van der Waals surface area contributed by atoms with Crippen LogP contribution in [-0.2, 0) is 9.53 Å². The van der Waals surface area contributed by atoms with Crippen molar-refractivity contribution >= 4 is 5.91 Å². The Morgan fingerprint density at radius 3 is 2.69 bits per heavy atom. The minimum atomic E-state index is -0.183. The summed E-state index contributed by atoms with van der Waals surface area (Å²) >= 11 is 0. The van der Waals surface area contributed by atoms with E-state index < -0.39 is 0 Å². The maximum Gasteiger partial charge on any atom is 0.222 e. The zero-order valence-corrected chi connectivity index (χ0v) is 8.08. The second-order valence-corrected chi connectivity index (χ2v) is 2.79. The molecular formula is C8H19N3O2. The number of carbonyl (C=O) groups excluding carboxylic acids is 1. The highest BCUT2D eigenvalue weighted by atomic mass is 16.5. The highest BCUT2D eigenvalue weighted by molar-refractivity contribution is 5.76. The molecule has 5 heteroatoms. The van der Waals surface area contributed by atoms with E-state index in [1.807, 2.05) is 0 Å². The number of ether oxygens (including phenoxy) is 1. The van der Waals surface area contributed by atoms with Gasteiger partial charge in [0.1, 0.15) is 0 Å². The number of hydrogen-bond donors (Lipinski definition) is 3. The van der Waals surface area contributed by atoms with Crippen molar-refractivity contribution in [1.29, 1.82) is 0 Å². The molecule has 0 radical (unpaired) electrons. The van der Waals surface area contributed by atoms with Crippen molar-refractivity contribution < 1.29 is 9.53 Å². The van der Waals surface area contributed by atoms with E-state index in [0.717, 1.165) is 6.42 Å². The van der Waals surface area contributed by atoms with Crippen LogP contribution in [0.5, 0.6) is 0 Å². The van der Waals surface area contributed by atoms with Gasteiger partial charge in [-0.15, -0.1) is 0 Å². The van der Waals surface area contributed by atoms with Gasteiger partial charge in [0.2, 0.25) is 5.91 Å². The van der Waals surface area contributed by atoms with E-state index in [-0.39, 0.29) is 12.0 Å². The Morgan fingerprint density at radius 1 is 1.54 bits per heavy atom. The molecule has 1 unspecified atom stereocenters. The van der Waals surface area contributed by atoms with Crippen LogP contribution >= 0.6 is 0 Å². The van der Waals surface area contributed by atoms with Gasteiger partial charge in [0.15, 0.2) is 0 Å². The summed E-state index contributed by atoms with van der Waals surface area (Å²) in [7, 11) is 1.55. The van der Waals surface area contributed by atoms with Crippen LogP contribution in [0.25, 0.3) is 0 Å². The predicted octanol–water partition coefficient (Wildman–Crippen LogP) is -1.18. The Hall–Kier alpha value is -0.650. The van der Waals surface area contributed by atoms with Crippen LogP contribution in [0.1, 0.15) is 12.8 Å². The lowest BCUT2D eigenvalue weighted by Gasteiger charge is -2.12. The van der Waals surface area contributed by atoms with E-state index in [1.54, 1.807) is 7.11 Å². The SMILES string of the molecule is COC(CN)CC(=O)NCCCN. The van der Waals surface area contributed by atoms with Gasteiger partial charge in [0.25, 0.3) is 0 Å². The van der Waals surface area contributed by atoms with Crippen LogP contribution < -0.4 is 16.8 Å². The van der Waals surface area contributed by atoms with E-state index >= 15 is 0 Å². The smallest absolute Gasteiger partial charge is 0.222 e. The zero-order chi connectivity index (χ0) is 10.1. The average molecular weight is 189 g/mol. The lowest BCUT2D eigenvalue weighted by Crippen LogP contribution is -2.33. The summed E-state index contributed by atoms with van der Waals surface area (Å²) in [5.74, 6) is -0.0363. The van der Waals surface area contributed by atoms with Gasteiger partial charge < -0.3 is 21.5 Å². The second-order valence-electron chi connectivity index (χ2n) is 2.79. The summed E-state index contributed by atoms with van der Waals surface area (Å²) < 4.78 is 4.97. The summed E-state index contributed by atoms with van der Waals surface area (Å²) in [6.45, 7) is 1.57. The number of rotatable bonds is 7. The summed E-state index contributed by atoms with van der Waals surface area (Å²) in [6, 6.07) is 0. The van der Waals surface area contributed by atoms with E-state index in [1.165, 1.54) is 0 Å². The van der Waals surface area contributed by atoms with E-state index in [9.17, 15) is 4.79 Å². The van der Waals surface area contributed by atoms with Crippen molar-refractivity contribution in [1.82, 2.24) is 5.32 Å². The van der Waals surface area contributed by atoms with Gasteiger partial charge in [0.05, 0.1) is 12.5 Å². The first kappa shape index (κ1) is 12.3. The number of amides is 1. The molecule has 0 rings (SSSR count). The van der Waals surface area contributed by atoms with Gasteiger partial charge in [-0.3, -0.25) is 4.79 Å². The van der Waals surface area contributed by atoms with Crippen LogP contribution in [0.4, 0.5) is 0 Å². The molecule has 0 aromatic heterocycles. The molecule has 0 spiro atoms. The summed E-state index contributed by atoms with van der Waals surface area (Å²) in [5.41, 5.74) is 10.6. The Labute approximate surface area is 78.8 Å². The molecule has 0 aliphatic carbocycles. The van der Waals surface area contributed by atoms with Crippen LogP contribution in [0, 0.1) is 0 Å². The summed E-state index contributed by atoms with van der Waals surface area (Å²) in [4.78, 5) is 11.2. The molecule has 5 N–H and O–H groups in total. The average Bonchev–Trinajstić information content (AvgIpc) is 2.14. The topological polar surface area (TPSA) is 90.4 Å². The number of methoxy groups -OCH3 is 1. The summed E-state index contributed by atoms with van der Waals surface area (Å²) in [6.07, 6.45) is 0.932. The maximum atomic E-state index is 11.2. The van der Waals surface area contributed by atoms with E-state index in [2.05, 4.69) is 5.32 Å². The molecule has 0 bridgehead atoms. The zero-order valence-electron chi connectivity index (χ0n) is 8.08. The molecule has 0 heterocycles. The van der Waals surface area contributed by atoms with Gasteiger partial charge in [-0.05, 0) is 13.0 Å². The third kappa shape index (κ3) is 6.51. The van der Waals surface area contributed by atoms with Crippen molar-refractivity contribution in [2.75, 3.05) is 26.7 Å². The quantitative estimate of drug-likeness (QED) is 0.439. The number of hydrogen-bond acceptors (Lipinski definition) is 4. The standard InChI is InChI=1S/C8H19N3O2/c1-13-7(6-10)5-8(12)11-4-2-3-9/h7H,2-6,9-10H2,1H3,(H,11,12). The molecule has 0 saturated carbocycles. The molecule has 1 amide bonds. The van der Waals surface area contributed by atoms with Gasteiger partial charge in [-0.1, -0.05) is 0 Å². The fourth-order valence-electron chi connectivity index (χ4n) is 0.872. The molecule has 0 aliphatic rings. The third-order valence-corrected chi connectivity index (χ3v) is 1.71. The highest BCUT2D eigenvalue weighted by Gasteiger charge is 2.09. The van der Waals surface area contributed by atoms with Crippen molar-refractivity contribution in [2.24, 2.45) is 11.5 Å². The van der Waals surface area contributed by atoms with Gasteiger partial charge >= 0.3 is 0 Å². The monoisotopic (exact) mass is 189 g/mol. The Kier molecular flexibility index (Phi) is 7.57. The Balaban J connectivity index is 3.48. The van der Waals surface area contributed by atoms with Gasteiger partial charge in [-0.2, -0.15) is 0 Å². The predicted molar refractivity (Wildman–Crippen MR) is 51.1 cm³/mol. The normalized spacial score (nSPS) is 12.5. The van der Waals surface area contributed by atoms with Gasteiger partial charge in [-0.25, -0.2) is 0 Å². The molecule has 1 atom stereocenters.